The number of sulfonamides is 1. The van der Waals surface area contributed by atoms with E-state index in [0.29, 0.717) is 44.5 Å². The van der Waals surface area contributed by atoms with Crippen LogP contribution in [0, 0.1) is 24.5 Å². The summed E-state index contributed by atoms with van der Waals surface area (Å²) >= 11 is 0. The Kier molecular flexibility index (Phi) is 10.0. The molecule has 0 aliphatic carbocycles. The van der Waals surface area contributed by atoms with Crippen molar-refractivity contribution in [2.75, 3.05) is 45.2 Å². The van der Waals surface area contributed by atoms with Crippen LogP contribution in [0.3, 0.4) is 0 Å². The fourth-order valence-corrected chi connectivity index (χ4v) is 8.42. The molecule has 2 fully saturated rings. The summed E-state index contributed by atoms with van der Waals surface area (Å²) in [6, 6.07) is 10.3. The molecule has 2 aliphatic heterocycles. The lowest BCUT2D eigenvalue weighted by atomic mass is 9.78. The van der Waals surface area contributed by atoms with Crippen molar-refractivity contribution < 1.29 is 25.6 Å². The van der Waals surface area contributed by atoms with Gasteiger partial charge in [0.05, 0.1) is 17.7 Å². The van der Waals surface area contributed by atoms with Crippen molar-refractivity contribution in [1.29, 1.82) is 0 Å². The Labute approximate surface area is 264 Å². The molecule has 45 heavy (non-hydrogen) atoms. The molecule has 9 nitrogen and oxygen atoms in total. The molecule has 0 amide bonds. The van der Waals surface area contributed by atoms with Crippen molar-refractivity contribution in [2.24, 2.45) is 5.92 Å². The Hall–Kier alpha value is -2.87. The Morgan fingerprint density at radius 2 is 1.47 bits per heavy atom. The van der Waals surface area contributed by atoms with Gasteiger partial charge >= 0.3 is 5.69 Å². The number of aromatic nitrogens is 2. The van der Waals surface area contributed by atoms with Crippen LogP contribution in [0.25, 0.3) is 0 Å². The summed E-state index contributed by atoms with van der Waals surface area (Å²) < 4.78 is 81.1. The molecule has 246 valence electrons. The first kappa shape index (κ1) is 33.5. The number of rotatable bonds is 10. The maximum Gasteiger partial charge on any atom is 0.328 e. The molecule has 2 aliphatic rings. The van der Waals surface area contributed by atoms with E-state index in [9.17, 15) is 30.4 Å². The van der Waals surface area contributed by atoms with Gasteiger partial charge in [0.15, 0.2) is 9.84 Å². The molecule has 2 saturated heterocycles. The van der Waals surface area contributed by atoms with Gasteiger partial charge in [-0.25, -0.2) is 34.7 Å². The van der Waals surface area contributed by atoms with Gasteiger partial charge in [0.1, 0.15) is 11.6 Å². The van der Waals surface area contributed by atoms with E-state index in [-0.39, 0.29) is 28.5 Å². The molecular formula is C32H42F2N4O5S2. The number of halogens is 2. The first-order chi connectivity index (χ1) is 21.2. The molecule has 0 bridgehead atoms. The quantitative estimate of drug-likeness (QED) is 0.323. The number of likely N-dealkylation sites (tertiary alicyclic amines) is 1. The molecule has 0 spiro atoms. The lowest BCUT2D eigenvalue weighted by molar-refractivity contribution is 0.166. The molecule has 0 saturated carbocycles. The Morgan fingerprint density at radius 3 is 2.02 bits per heavy atom. The van der Waals surface area contributed by atoms with Crippen molar-refractivity contribution in [3.05, 3.63) is 87.6 Å². The Balaban J connectivity index is 1.22. The number of benzene rings is 2. The van der Waals surface area contributed by atoms with Crippen LogP contribution in [0.15, 0.2) is 58.4 Å². The highest BCUT2D eigenvalue weighted by Gasteiger charge is 2.32. The minimum Gasteiger partial charge on any atom is -0.303 e. The van der Waals surface area contributed by atoms with Gasteiger partial charge in [-0.3, -0.25) is 9.13 Å². The summed E-state index contributed by atoms with van der Waals surface area (Å²) in [7, 11) is -6.57. The van der Waals surface area contributed by atoms with E-state index < -0.39 is 31.5 Å². The number of piperidine rings is 2. The first-order valence-corrected chi connectivity index (χ1v) is 19.1. The predicted octanol–water partition coefficient (Wildman–Crippen LogP) is 4.17. The highest BCUT2D eigenvalue weighted by Crippen LogP contribution is 2.37. The van der Waals surface area contributed by atoms with Gasteiger partial charge in [0.2, 0.25) is 10.0 Å². The molecule has 0 N–H and O–H groups in total. The van der Waals surface area contributed by atoms with Crippen LogP contribution < -0.4 is 5.69 Å². The van der Waals surface area contributed by atoms with Crippen molar-refractivity contribution in [1.82, 2.24) is 18.3 Å². The van der Waals surface area contributed by atoms with Crippen molar-refractivity contribution in [3.63, 3.8) is 0 Å². The number of imidazole rings is 1. The average Bonchev–Trinajstić information content (AvgIpc) is 3.25. The minimum atomic E-state index is -3.29. The van der Waals surface area contributed by atoms with Gasteiger partial charge in [-0.2, -0.15) is 0 Å². The monoisotopic (exact) mass is 664 g/mol. The van der Waals surface area contributed by atoms with Crippen molar-refractivity contribution in [3.8, 4) is 0 Å². The lowest BCUT2D eigenvalue weighted by Gasteiger charge is -2.37. The summed E-state index contributed by atoms with van der Waals surface area (Å²) in [6.07, 6.45) is 7.82. The Morgan fingerprint density at radius 1 is 0.867 bits per heavy atom. The van der Waals surface area contributed by atoms with E-state index in [1.165, 1.54) is 28.9 Å². The molecule has 3 aromatic rings. The highest BCUT2D eigenvalue weighted by molar-refractivity contribution is 7.90. The summed E-state index contributed by atoms with van der Waals surface area (Å²) in [5.74, 6) is -1.20. The van der Waals surface area contributed by atoms with Crippen LogP contribution in [0.4, 0.5) is 8.78 Å². The van der Waals surface area contributed by atoms with Gasteiger partial charge < -0.3 is 4.90 Å². The second kappa shape index (κ2) is 13.5. The zero-order chi connectivity index (χ0) is 32.5. The van der Waals surface area contributed by atoms with Gasteiger partial charge in [0.25, 0.3) is 0 Å². The average molecular weight is 665 g/mol. The smallest absolute Gasteiger partial charge is 0.303 e. The second-order valence-electron chi connectivity index (χ2n) is 12.6. The SMILES string of the molecule is Cc1cn(C2CCN(CC[C@@H](c3cc(F)cc(F)c3)C3CCN(S(C)(=O)=O)CC3)CC2)c(=O)n1Cc1ccc(S(C)(=O)=O)cc1. The van der Waals surface area contributed by atoms with E-state index in [2.05, 4.69) is 4.90 Å². The third kappa shape index (κ3) is 8.11. The molecular weight excluding hydrogens is 623 g/mol. The largest absolute Gasteiger partial charge is 0.328 e. The molecule has 13 heteroatoms. The Bertz CT molecular complexity index is 1750. The topological polar surface area (TPSA) is 102 Å². The summed E-state index contributed by atoms with van der Waals surface area (Å²) in [4.78, 5) is 16.0. The number of sulfone groups is 1. The van der Waals surface area contributed by atoms with E-state index >= 15 is 0 Å². The third-order valence-corrected chi connectivity index (χ3v) is 11.9. The summed E-state index contributed by atoms with van der Waals surface area (Å²) in [5, 5.41) is 0. The minimum absolute atomic E-state index is 0.0507. The zero-order valence-electron chi connectivity index (χ0n) is 26.0. The maximum atomic E-state index is 14.2. The fourth-order valence-electron chi connectivity index (χ4n) is 6.91. The van der Waals surface area contributed by atoms with Crippen LogP contribution in [0.1, 0.15) is 60.9 Å². The zero-order valence-corrected chi connectivity index (χ0v) is 27.7. The number of hydrogen-bond acceptors (Lipinski definition) is 6. The molecule has 0 unspecified atom stereocenters. The van der Waals surface area contributed by atoms with Crippen LogP contribution in [-0.2, 0) is 26.4 Å². The number of hydrogen-bond donors (Lipinski definition) is 0. The number of nitrogens with zero attached hydrogens (tertiary/aromatic N) is 4. The van der Waals surface area contributed by atoms with Gasteiger partial charge in [-0.15, -0.1) is 0 Å². The van der Waals surface area contributed by atoms with Gasteiger partial charge in [0, 0.05) is 56.4 Å². The summed E-state index contributed by atoms with van der Waals surface area (Å²) in [6.45, 7) is 5.36. The third-order valence-electron chi connectivity index (χ3n) is 9.45. The summed E-state index contributed by atoms with van der Waals surface area (Å²) in [5.41, 5.74) is 2.21. The van der Waals surface area contributed by atoms with Crippen molar-refractivity contribution >= 4 is 19.9 Å². The fraction of sp³-hybridized carbons (Fsp3) is 0.531. The molecule has 2 aromatic carbocycles. The van der Waals surface area contributed by atoms with Crippen LogP contribution in [0.5, 0.6) is 0 Å². The molecule has 1 atom stereocenters. The van der Waals surface area contributed by atoms with Crippen molar-refractivity contribution in [2.45, 2.75) is 62.4 Å². The van der Waals surface area contributed by atoms with Crippen LogP contribution in [0.2, 0.25) is 0 Å². The molecule has 1 aromatic heterocycles. The van der Waals surface area contributed by atoms with E-state index in [4.69, 9.17) is 0 Å². The van der Waals surface area contributed by atoms with Crippen LogP contribution in [-0.4, -0.2) is 80.4 Å². The predicted molar refractivity (Wildman–Crippen MR) is 170 cm³/mol. The first-order valence-electron chi connectivity index (χ1n) is 15.4. The highest BCUT2D eigenvalue weighted by atomic mass is 32.2. The normalized spacial score (nSPS) is 18.8. The van der Waals surface area contributed by atoms with E-state index in [1.54, 1.807) is 28.8 Å². The molecule has 0 radical (unpaired) electrons. The standard InChI is InChI=1S/C32H42F2N4O5S2/c1-23-21-38(32(39)37(23)22-24-4-6-30(7-5-24)44(2,40)41)29-10-13-35(14-11-29)15-12-31(26-18-27(33)20-28(34)19-26)25-8-16-36(17-9-25)45(3,42)43/h4-7,18-21,25,29,31H,8-17,22H2,1-3H3/t31-/m1/s1. The second-order valence-corrected chi connectivity index (χ2v) is 16.6. The molecule has 3 heterocycles. The van der Waals surface area contributed by atoms with E-state index in [0.717, 1.165) is 49.8 Å². The van der Waals surface area contributed by atoms with Gasteiger partial charge in [-0.05, 0) is 92.8 Å². The maximum absolute atomic E-state index is 14.2. The van der Waals surface area contributed by atoms with E-state index in [1.807, 2.05) is 17.7 Å². The van der Waals surface area contributed by atoms with Crippen LogP contribution >= 0.6 is 0 Å². The lowest BCUT2D eigenvalue weighted by Crippen LogP contribution is -2.40. The molecule has 5 rings (SSSR count). The number of aryl methyl sites for hydroxylation is 1. The van der Waals surface area contributed by atoms with Gasteiger partial charge in [-0.1, -0.05) is 12.1 Å².